The first-order valence-corrected chi connectivity index (χ1v) is 7.42. The highest BCUT2D eigenvalue weighted by atomic mass is 35.5. The number of nitrogens with zero attached hydrogens (tertiary/aromatic N) is 4. The highest BCUT2D eigenvalue weighted by Gasteiger charge is 2.05. The average Bonchev–Trinajstić information content (AvgIpc) is 3.17. The molecular formula is C17H22Cl2N4. The number of aromatic nitrogens is 4. The van der Waals surface area contributed by atoms with Crippen LogP contribution in [-0.4, -0.2) is 19.1 Å². The number of rotatable bonds is 5. The lowest BCUT2D eigenvalue weighted by Gasteiger charge is -2.05. The van der Waals surface area contributed by atoms with Crippen molar-refractivity contribution in [1.29, 1.82) is 0 Å². The van der Waals surface area contributed by atoms with E-state index in [4.69, 9.17) is 0 Å². The monoisotopic (exact) mass is 352 g/mol. The fourth-order valence-electron chi connectivity index (χ4n) is 2.50. The van der Waals surface area contributed by atoms with E-state index >= 15 is 0 Å². The summed E-state index contributed by atoms with van der Waals surface area (Å²) >= 11 is 0. The Balaban J connectivity index is 0.00000132. The quantitative estimate of drug-likeness (QED) is 0.693. The van der Waals surface area contributed by atoms with Crippen LogP contribution in [0, 0.1) is 0 Å². The van der Waals surface area contributed by atoms with Crippen molar-refractivity contribution in [2.24, 2.45) is 0 Å². The van der Waals surface area contributed by atoms with Gasteiger partial charge in [-0.15, -0.1) is 24.8 Å². The van der Waals surface area contributed by atoms with Gasteiger partial charge in [0.25, 0.3) is 0 Å². The number of aryl methyl sites for hydroxylation is 2. The van der Waals surface area contributed by atoms with Gasteiger partial charge in [-0.3, -0.25) is 0 Å². The second-order valence-corrected chi connectivity index (χ2v) is 5.12. The molecule has 0 atom stereocenters. The third-order valence-corrected chi connectivity index (χ3v) is 3.70. The smallest absolute Gasteiger partial charge is 0.108 e. The second-order valence-electron chi connectivity index (χ2n) is 5.12. The first kappa shape index (κ1) is 19.3. The van der Waals surface area contributed by atoms with Gasteiger partial charge in [0.1, 0.15) is 5.82 Å². The Morgan fingerprint density at radius 1 is 1.04 bits per heavy atom. The van der Waals surface area contributed by atoms with E-state index in [1.165, 1.54) is 5.56 Å². The Hall–Kier alpha value is -1.78. The molecule has 0 amide bonds. The molecule has 23 heavy (non-hydrogen) atoms. The van der Waals surface area contributed by atoms with E-state index in [0.717, 1.165) is 36.6 Å². The van der Waals surface area contributed by atoms with Crippen LogP contribution in [-0.2, 0) is 19.4 Å². The zero-order valence-electron chi connectivity index (χ0n) is 13.3. The molecule has 0 N–H and O–H groups in total. The average molecular weight is 353 g/mol. The number of benzene rings is 1. The molecule has 4 nitrogen and oxygen atoms in total. The third-order valence-electron chi connectivity index (χ3n) is 3.70. The predicted molar refractivity (Wildman–Crippen MR) is 98.1 cm³/mol. The van der Waals surface area contributed by atoms with Crippen LogP contribution in [0.15, 0.2) is 49.2 Å². The fraction of sp³-hybridized carbons (Fsp3) is 0.294. The van der Waals surface area contributed by atoms with Gasteiger partial charge in [0, 0.05) is 30.7 Å². The molecule has 2 heterocycles. The molecule has 0 bridgehead atoms. The van der Waals surface area contributed by atoms with E-state index in [1.54, 1.807) is 0 Å². The Labute approximate surface area is 149 Å². The number of halogens is 2. The largest absolute Gasteiger partial charge is 0.329 e. The van der Waals surface area contributed by atoms with Gasteiger partial charge in [0.15, 0.2) is 0 Å². The predicted octanol–water partition coefficient (Wildman–Crippen LogP) is 4.09. The second kappa shape index (κ2) is 8.75. The molecule has 0 saturated heterocycles. The van der Waals surface area contributed by atoms with Crippen LogP contribution in [0.2, 0.25) is 0 Å². The Kier molecular flexibility index (Phi) is 7.33. The lowest BCUT2D eigenvalue weighted by atomic mass is 10.1. The summed E-state index contributed by atoms with van der Waals surface area (Å²) in [6.07, 6.45) is 9.81. The third kappa shape index (κ3) is 4.36. The molecule has 6 heteroatoms. The topological polar surface area (TPSA) is 35.6 Å². The van der Waals surface area contributed by atoms with Crippen molar-refractivity contribution >= 4 is 24.8 Å². The van der Waals surface area contributed by atoms with E-state index in [1.807, 2.05) is 18.7 Å². The van der Waals surface area contributed by atoms with Crippen molar-refractivity contribution in [3.8, 4) is 5.69 Å². The van der Waals surface area contributed by atoms with E-state index < -0.39 is 0 Å². The maximum atomic E-state index is 4.51. The standard InChI is InChI=1S/C17H20N4.2ClH/c1-3-14-6-5-7-16(10-14)21-12-15(19-13-21)11-20-9-8-18-17(20)4-2;;/h5-10,12-13H,3-4,11H2,1-2H3;2*1H. The number of imidazole rings is 2. The maximum Gasteiger partial charge on any atom is 0.108 e. The first-order valence-electron chi connectivity index (χ1n) is 7.42. The number of hydrogen-bond acceptors (Lipinski definition) is 2. The van der Waals surface area contributed by atoms with Gasteiger partial charge in [-0.2, -0.15) is 0 Å². The van der Waals surface area contributed by atoms with Gasteiger partial charge < -0.3 is 9.13 Å². The molecule has 0 aliphatic carbocycles. The normalized spacial score (nSPS) is 10.0. The Bertz CT molecular complexity index is 734. The van der Waals surface area contributed by atoms with E-state index in [0.29, 0.717) is 0 Å². The lowest BCUT2D eigenvalue weighted by molar-refractivity contribution is 0.719. The summed E-state index contributed by atoms with van der Waals surface area (Å²) in [6.45, 7) is 5.06. The molecular weight excluding hydrogens is 331 g/mol. The number of hydrogen-bond donors (Lipinski definition) is 0. The van der Waals surface area contributed by atoms with Crippen molar-refractivity contribution in [3.63, 3.8) is 0 Å². The molecule has 0 saturated carbocycles. The minimum absolute atomic E-state index is 0. The van der Waals surface area contributed by atoms with Crippen LogP contribution >= 0.6 is 24.8 Å². The van der Waals surface area contributed by atoms with Gasteiger partial charge in [-0.1, -0.05) is 26.0 Å². The Morgan fingerprint density at radius 3 is 2.61 bits per heavy atom. The summed E-state index contributed by atoms with van der Waals surface area (Å²) in [5, 5.41) is 0. The van der Waals surface area contributed by atoms with E-state index in [9.17, 15) is 0 Å². The van der Waals surface area contributed by atoms with Crippen LogP contribution < -0.4 is 0 Å². The fourth-order valence-corrected chi connectivity index (χ4v) is 2.50. The summed E-state index contributed by atoms with van der Waals surface area (Å²) in [7, 11) is 0. The molecule has 3 aromatic rings. The zero-order valence-corrected chi connectivity index (χ0v) is 15.0. The van der Waals surface area contributed by atoms with Crippen LogP contribution in [0.5, 0.6) is 0 Å². The summed E-state index contributed by atoms with van der Waals surface area (Å²) in [5.74, 6) is 1.09. The highest BCUT2D eigenvalue weighted by molar-refractivity contribution is 5.85. The molecule has 1 aromatic carbocycles. The van der Waals surface area contributed by atoms with Crippen molar-refractivity contribution in [2.75, 3.05) is 0 Å². The van der Waals surface area contributed by atoms with Crippen LogP contribution in [0.4, 0.5) is 0 Å². The minimum atomic E-state index is 0. The highest BCUT2D eigenvalue weighted by Crippen LogP contribution is 2.13. The van der Waals surface area contributed by atoms with E-state index in [2.05, 4.69) is 63.4 Å². The summed E-state index contributed by atoms with van der Waals surface area (Å²) in [4.78, 5) is 8.86. The molecule has 0 aliphatic heterocycles. The summed E-state index contributed by atoms with van der Waals surface area (Å²) in [5.41, 5.74) is 3.55. The van der Waals surface area contributed by atoms with Crippen molar-refractivity contribution in [2.45, 2.75) is 33.2 Å². The molecule has 0 spiro atoms. The SMILES string of the molecule is CCc1cccc(-n2cnc(Cn3ccnc3CC)c2)c1.Cl.Cl. The summed E-state index contributed by atoms with van der Waals surface area (Å²) < 4.78 is 4.23. The molecule has 124 valence electrons. The van der Waals surface area contributed by atoms with Crippen molar-refractivity contribution in [1.82, 2.24) is 19.1 Å². The molecule has 0 unspecified atom stereocenters. The molecule has 3 rings (SSSR count). The van der Waals surface area contributed by atoms with E-state index in [-0.39, 0.29) is 24.8 Å². The van der Waals surface area contributed by atoms with Crippen molar-refractivity contribution in [3.05, 3.63) is 66.3 Å². The maximum absolute atomic E-state index is 4.51. The first-order chi connectivity index (χ1) is 10.3. The van der Waals surface area contributed by atoms with Gasteiger partial charge in [0.05, 0.1) is 18.6 Å². The van der Waals surface area contributed by atoms with Gasteiger partial charge in [-0.05, 0) is 24.1 Å². The molecule has 0 radical (unpaired) electrons. The lowest BCUT2D eigenvalue weighted by Crippen LogP contribution is -2.03. The van der Waals surface area contributed by atoms with Crippen molar-refractivity contribution < 1.29 is 0 Å². The molecule has 0 fully saturated rings. The van der Waals surface area contributed by atoms with Gasteiger partial charge in [-0.25, -0.2) is 9.97 Å². The Morgan fingerprint density at radius 2 is 1.87 bits per heavy atom. The zero-order chi connectivity index (χ0) is 14.7. The van der Waals surface area contributed by atoms with Crippen LogP contribution in [0.25, 0.3) is 5.69 Å². The van der Waals surface area contributed by atoms with Gasteiger partial charge >= 0.3 is 0 Å². The van der Waals surface area contributed by atoms with Crippen LogP contribution in [0.3, 0.4) is 0 Å². The molecule has 2 aromatic heterocycles. The van der Waals surface area contributed by atoms with Crippen LogP contribution in [0.1, 0.15) is 30.9 Å². The summed E-state index contributed by atoms with van der Waals surface area (Å²) in [6, 6.07) is 8.57. The minimum Gasteiger partial charge on any atom is -0.329 e. The van der Waals surface area contributed by atoms with Gasteiger partial charge in [0.2, 0.25) is 0 Å². The molecule has 0 aliphatic rings.